The molecule has 0 saturated carbocycles. The van der Waals surface area contributed by atoms with Gasteiger partial charge in [-0.15, -0.1) is 0 Å². The van der Waals surface area contributed by atoms with Crippen molar-refractivity contribution in [2.45, 2.75) is 26.4 Å². The monoisotopic (exact) mass is 351 g/mol. The zero-order chi connectivity index (χ0) is 18.1. The van der Waals surface area contributed by atoms with Crippen molar-refractivity contribution < 1.29 is 13.9 Å². The third-order valence-corrected chi connectivity index (χ3v) is 4.70. The summed E-state index contributed by atoms with van der Waals surface area (Å²) in [6.45, 7) is 5.47. The standard InChI is InChI=1S/C20H21N3O3/c1-13-3-4-16-15(12-26-18(16)9-13)10-20(24)23-7-8-25-19(11-23)17-5-6-21-14(2)22-17/h3-6,9,12,19H,7-8,10-11H2,1-2H3/t19-/m0/s1. The third-order valence-electron chi connectivity index (χ3n) is 4.70. The summed E-state index contributed by atoms with van der Waals surface area (Å²) in [5.74, 6) is 0.780. The molecule has 4 rings (SSSR count). The Hall–Kier alpha value is -2.73. The first kappa shape index (κ1) is 16.7. The summed E-state index contributed by atoms with van der Waals surface area (Å²) in [4.78, 5) is 23.2. The molecule has 1 fully saturated rings. The molecule has 1 atom stereocenters. The van der Waals surface area contributed by atoms with E-state index in [1.807, 2.05) is 43.0 Å². The normalized spacial score (nSPS) is 17.6. The number of aromatic nitrogens is 2. The number of rotatable bonds is 3. The summed E-state index contributed by atoms with van der Waals surface area (Å²) >= 11 is 0. The highest BCUT2D eigenvalue weighted by Gasteiger charge is 2.27. The first-order valence-corrected chi connectivity index (χ1v) is 8.76. The molecule has 26 heavy (non-hydrogen) atoms. The van der Waals surface area contributed by atoms with Crippen molar-refractivity contribution in [3.05, 3.63) is 59.4 Å². The van der Waals surface area contributed by atoms with E-state index in [9.17, 15) is 4.79 Å². The topological polar surface area (TPSA) is 68.5 Å². The molecule has 1 saturated heterocycles. The van der Waals surface area contributed by atoms with Gasteiger partial charge in [0, 0.05) is 23.7 Å². The molecule has 0 spiro atoms. The molecular weight excluding hydrogens is 330 g/mol. The molecule has 134 valence electrons. The minimum atomic E-state index is -0.210. The van der Waals surface area contributed by atoms with Crippen molar-refractivity contribution in [3.8, 4) is 0 Å². The van der Waals surface area contributed by atoms with E-state index in [2.05, 4.69) is 9.97 Å². The maximum absolute atomic E-state index is 12.8. The molecule has 1 aromatic carbocycles. The molecule has 0 radical (unpaired) electrons. The molecule has 0 unspecified atom stereocenters. The van der Waals surface area contributed by atoms with Crippen molar-refractivity contribution in [2.75, 3.05) is 19.7 Å². The maximum atomic E-state index is 12.8. The second-order valence-electron chi connectivity index (χ2n) is 6.67. The number of nitrogens with zero attached hydrogens (tertiary/aromatic N) is 3. The molecule has 0 bridgehead atoms. The Morgan fingerprint density at radius 2 is 2.19 bits per heavy atom. The highest BCUT2D eigenvalue weighted by Crippen LogP contribution is 2.25. The van der Waals surface area contributed by atoms with Crippen LogP contribution in [-0.2, 0) is 16.0 Å². The predicted octanol–water partition coefficient (Wildman–Crippen LogP) is 2.98. The summed E-state index contributed by atoms with van der Waals surface area (Å²) in [6, 6.07) is 7.89. The second kappa shape index (κ2) is 6.88. The number of ether oxygens (including phenoxy) is 1. The lowest BCUT2D eigenvalue weighted by Gasteiger charge is -2.32. The number of carbonyl (C=O) groups excluding carboxylic acids is 1. The van der Waals surface area contributed by atoms with Crippen molar-refractivity contribution >= 4 is 16.9 Å². The van der Waals surface area contributed by atoms with Gasteiger partial charge in [-0.2, -0.15) is 0 Å². The first-order valence-electron chi connectivity index (χ1n) is 8.76. The van der Waals surface area contributed by atoms with Gasteiger partial charge in [0.15, 0.2) is 0 Å². The van der Waals surface area contributed by atoms with Crippen molar-refractivity contribution in [1.29, 1.82) is 0 Å². The van der Waals surface area contributed by atoms with Gasteiger partial charge in [0.2, 0.25) is 5.91 Å². The van der Waals surface area contributed by atoms with Gasteiger partial charge >= 0.3 is 0 Å². The van der Waals surface area contributed by atoms with E-state index >= 15 is 0 Å². The fourth-order valence-electron chi connectivity index (χ4n) is 3.31. The van der Waals surface area contributed by atoms with E-state index in [-0.39, 0.29) is 12.0 Å². The number of hydrogen-bond donors (Lipinski definition) is 0. The number of amides is 1. The number of benzene rings is 1. The van der Waals surface area contributed by atoms with Gasteiger partial charge in [-0.1, -0.05) is 12.1 Å². The number of aryl methyl sites for hydroxylation is 2. The lowest BCUT2D eigenvalue weighted by atomic mass is 10.1. The van der Waals surface area contributed by atoms with Crippen LogP contribution in [0.15, 0.2) is 41.1 Å². The zero-order valence-electron chi connectivity index (χ0n) is 14.9. The predicted molar refractivity (Wildman–Crippen MR) is 96.7 cm³/mol. The Balaban J connectivity index is 1.49. The van der Waals surface area contributed by atoms with Crippen LogP contribution in [0.1, 0.15) is 28.7 Å². The van der Waals surface area contributed by atoms with E-state index in [0.29, 0.717) is 31.9 Å². The van der Waals surface area contributed by atoms with E-state index in [0.717, 1.165) is 27.8 Å². The molecular formula is C20H21N3O3. The Bertz CT molecular complexity index is 950. The summed E-state index contributed by atoms with van der Waals surface area (Å²) in [6.07, 6.45) is 3.53. The molecule has 6 nitrogen and oxygen atoms in total. The highest BCUT2D eigenvalue weighted by atomic mass is 16.5. The van der Waals surface area contributed by atoms with E-state index in [4.69, 9.17) is 9.15 Å². The first-order chi connectivity index (χ1) is 12.6. The summed E-state index contributed by atoms with van der Waals surface area (Å²) in [5.41, 5.74) is 3.70. The van der Waals surface area contributed by atoms with Crippen molar-refractivity contribution in [1.82, 2.24) is 14.9 Å². The van der Waals surface area contributed by atoms with Gasteiger partial charge in [0.05, 0.1) is 31.5 Å². The van der Waals surface area contributed by atoms with Crippen LogP contribution in [0.4, 0.5) is 0 Å². The minimum Gasteiger partial charge on any atom is -0.464 e. The fraction of sp³-hybridized carbons (Fsp3) is 0.350. The van der Waals surface area contributed by atoms with E-state index in [1.165, 1.54) is 0 Å². The quantitative estimate of drug-likeness (QED) is 0.726. The van der Waals surface area contributed by atoms with Crippen LogP contribution >= 0.6 is 0 Å². The minimum absolute atomic E-state index is 0.0763. The van der Waals surface area contributed by atoms with Crippen molar-refractivity contribution in [3.63, 3.8) is 0 Å². The largest absolute Gasteiger partial charge is 0.464 e. The highest BCUT2D eigenvalue weighted by molar-refractivity contribution is 5.88. The Morgan fingerprint density at radius 1 is 1.31 bits per heavy atom. The number of carbonyl (C=O) groups is 1. The average Bonchev–Trinajstić information content (AvgIpc) is 3.03. The SMILES string of the molecule is Cc1ccc2c(CC(=O)N3CCO[C@H](c4ccnc(C)n4)C3)coc2c1. The molecule has 0 aliphatic carbocycles. The van der Waals surface area contributed by atoms with Crippen LogP contribution in [0.2, 0.25) is 0 Å². The fourth-order valence-corrected chi connectivity index (χ4v) is 3.31. The Labute approximate surface area is 151 Å². The Morgan fingerprint density at radius 3 is 3.04 bits per heavy atom. The van der Waals surface area contributed by atoms with Gasteiger partial charge in [-0.05, 0) is 31.5 Å². The van der Waals surface area contributed by atoms with Gasteiger partial charge in [-0.3, -0.25) is 4.79 Å². The molecule has 3 aromatic rings. The van der Waals surface area contributed by atoms with Gasteiger partial charge in [0.1, 0.15) is 17.5 Å². The van der Waals surface area contributed by atoms with Crippen LogP contribution < -0.4 is 0 Å². The number of morpholine rings is 1. The van der Waals surface area contributed by atoms with Gasteiger partial charge < -0.3 is 14.1 Å². The summed E-state index contributed by atoms with van der Waals surface area (Å²) < 4.78 is 11.4. The van der Waals surface area contributed by atoms with Crippen LogP contribution in [0.3, 0.4) is 0 Å². The summed E-state index contributed by atoms with van der Waals surface area (Å²) in [7, 11) is 0. The molecule has 0 N–H and O–H groups in total. The lowest BCUT2D eigenvalue weighted by Crippen LogP contribution is -2.43. The second-order valence-corrected chi connectivity index (χ2v) is 6.67. The molecule has 2 aromatic heterocycles. The van der Waals surface area contributed by atoms with E-state index in [1.54, 1.807) is 12.5 Å². The van der Waals surface area contributed by atoms with Crippen molar-refractivity contribution in [2.24, 2.45) is 0 Å². The molecule has 3 heterocycles. The van der Waals surface area contributed by atoms with Crippen LogP contribution in [-0.4, -0.2) is 40.5 Å². The maximum Gasteiger partial charge on any atom is 0.227 e. The third kappa shape index (κ3) is 3.32. The number of furan rings is 1. The van der Waals surface area contributed by atoms with Crippen LogP contribution in [0.25, 0.3) is 11.0 Å². The molecule has 1 aliphatic rings. The smallest absolute Gasteiger partial charge is 0.227 e. The average molecular weight is 351 g/mol. The lowest BCUT2D eigenvalue weighted by molar-refractivity contribution is -0.138. The zero-order valence-corrected chi connectivity index (χ0v) is 14.9. The van der Waals surface area contributed by atoms with E-state index < -0.39 is 0 Å². The van der Waals surface area contributed by atoms with Gasteiger partial charge in [0.25, 0.3) is 0 Å². The molecule has 6 heteroatoms. The van der Waals surface area contributed by atoms with Crippen LogP contribution in [0, 0.1) is 13.8 Å². The molecule has 1 amide bonds. The molecule has 1 aliphatic heterocycles. The number of hydrogen-bond acceptors (Lipinski definition) is 5. The number of fused-ring (bicyclic) bond motifs is 1. The summed E-state index contributed by atoms with van der Waals surface area (Å²) in [5, 5.41) is 1.00. The van der Waals surface area contributed by atoms with Gasteiger partial charge in [-0.25, -0.2) is 9.97 Å². The Kier molecular flexibility index (Phi) is 4.42. The van der Waals surface area contributed by atoms with Crippen LogP contribution in [0.5, 0.6) is 0 Å².